The Morgan fingerprint density at radius 1 is 0.821 bits per heavy atom. The highest BCUT2D eigenvalue weighted by molar-refractivity contribution is 6.03. The lowest BCUT2D eigenvalue weighted by molar-refractivity contribution is 0.0600. The minimum Gasteiger partial charge on any atom is -0.465 e. The van der Waals surface area contributed by atoms with Gasteiger partial charge < -0.3 is 10.1 Å². The minimum absolute atomic E-state index is 0.0371. The molecule has 1 heterocycles. The fourth-order valence-corrected chi connectivity index (χ4v) is 4.18. The Kier molecular flexibility index (Phi) is 7.28. The van der Waals surface area contributed by atoms with Gasteiger partial charge in [-0.25, -0.2) is 19.6 Å². The van der Waals surface area contributed by atoms with Crippen LogP contribution in [0.15, 0.2) is 103 Å². The van der Waals surface area contributed by atoms with E-state index in [1.54, 1.807) is 36.4 Å². The molecule has 0 bridgehead atoms. The minimum atomic E-state index is -0.461. The second-order valence-electron chi connectivity index (χ2n) is 8.62. The lowest BCUT2D eigenvalue weighted by Gasteiger charge is -2.21. The number of amides is 2. The number of fused-ring (bicyclic) bond motifs is 1. The monoisotopic (exact) mass is 512 g/mol. The van der Waals surface area contributed by atoms with Crippen molar-refractivity contribution in [1.29, 1.82) is 0 Å². The number of rotatable bonds is 6. The van der Waals surface area contributed by atoms with Gasteiger partial charge in [0.1, 0.15) is 0 Å². The number of nitrogens with zero attached hydrogens (tertiary/aromatic N) is 3. The van der Waals surface area contributed by atoms with Gasteiger partial charge >= 0.3 is 12.0 Å². The molecule has 0 spiro atoms. The number of urea groups is 1. The first-order valence-corrected chi connectivity index (χ1v) is 12.2. The van der Waals surface area contributed by atoms with Gasteiger partial charge in [-0.1, -0.05) is 66.6 Å². The van der Waals surface area contributed by atoms with Crippen molar-refractivity contribution in [2.45, 2.75) is 0 Å². The van der Waals surface area contributed by atoms with Gasteiger partial charge in [-0.05, 0) is 42.5 Å². The van der Waals surface area contributed by atoms with Crippen LogP contribution in [0.2, 0.25) is 0 Å². The maximum atomic E-state index is 13.2. The van der Waals surface area contributed by atoms with Gasteiger partial charge in [0.15, 0.2) is 0 Å². The SMILES string of the molecule is C#CCN(C(=O)Nc1ccc2nc(-c3ccccc3)c(-c3ccccc3)nc2c1)c1ccc(C(=O)OC)cc1. The number of carbonyl (C=O) groups is 2. The first-order chi connectivity index (χ1) is 19.1. The first kappa shape index (κ1) is 25.2. The molecule has 0 aliphatic rings. The van der Waals surface area contributed by atoms with E-state index in [2.05, 4.69) is 11.2 Å². The third kappa shape index (κ3) is 5.45. The second kappa shape index (κ2) is 11.3. The average Bonchev–Trinajstić information content (AvgIpc) is 2.99. The lowest BCUT2D eigenvalue weighted by Crippen LogP contribution is -2.35. The Balaban J connectivity index is 1.48. The summed E-state index contributed by atoms with van der Waals surface area (Å²) in [6, 6.07) is 31.2. The molecule has 7 nitrogen and oxygen atoms in total. The molecule has 0 radical (unpaired) electrons. The molecule has 1 aromatic heterocycles. The molecular formula is C32H24N4O3. The van der Waals surface area contributed by atoms with Crippen molar-refractivity contribution in [1.82, 2.24) is 9.97 Å². The highest BCUT2D eigenvalue weighted by Gasteiger charge is 2.18. The Morgan fingerprint density at radius 2 is 1.41 bits per heavy atom. The van der Waals surface area contributed by atoms with E-state index in [0.717, 1.165) is 22.5 Å². The van der Waals surface area contributed by atoms with E-state index in [1.165, 1.54) is 12.0 Å². The highest BCUT2D eigenvalue weighted by Crippen LogP contribution is 2.31. The molecule has 2 amide bonds. The molecule has 0 fully saturated rings. The van der Waals surface area contributed by atoms with Gasteiger partial charge in [-0.2, -0.15) is 0 Å². The summed E-state index contributed by atoms with van der Waals surface area (Å²) in [7, 11) is 1.31. The van der Waals surface area contributed by atoms with Gasteiger partial charge in [-0.15, -0.1) is 6.42 Å². The summed E-state index contributed by atoms with van der Waals surface area (Å²) in [4.78, 5) is 36.3. The van der Waals surface area contributed by atoms with Crippen LogP contribution in [-0.2, 0) is 4.74 Å². The zero-order valence-electron chi connectivity index (χ0n) is 21.2. The number of ether oxygens (including phenoxy) is 1. The van der Waals surface area contributed by atoms with Crippen molar-refractivity contribution in [2.75, 3.05) is 23.9 Å². The largest absolute Gasteiger partial charge is 0.465 e. The van der Waals surface area contributed by atoms with Crippen LogP contribution in [0.5, 0.6) is 0 Å². The summed E-state index contributed by atoms with van der Waals surface area (Å²) in [5.74, 6) is 2.05. The molecule has 0 aliphatic heterocycles. The van der Waals surface area contributed by atoms with Crippen molar-refractivity contribution in [3.63, 3.8) is 0 Å². The number of hydrogen-bond donors (Lipinski definition) is 1. The molecule has 0 aliphatic carbocycles. The molecule has 7 heteroatoms. The Hall–Kier alpha value is -5.48. The van der Waals surface area contributed by atoms with E-state index in [4.69, 9.17) is 21.1 Å². The molecular weight excluding hydrogens is 488 g/mol. The number of benzene rings is 4. The topological polar surface area (TPSA) is 84.4 Å². The average molecular weight is 513 g/mol. The summed E-state index contributed by atoms with van der Waals surface area (Å²) in [6.45, 7) is 0.0371. The van der Waals surface area contributed by atoms with Gasteiger partial charge in [0, 0.05) is 22.5 Å². The molecule has 0 saturated carbocycles. The molecule has 0 saturated heterocycles. The number of methoxy groups -OCH3 is 1. The van der Waals surface area contributed by atoms with Crippen molar-refractivity contribution < 1.29 is 14.3 Å². The standard InChI is InChI=1S/C32H24N4O3/c1-3-20-36(26-17-14-24(15-18-26)31(37)39-2)32(38)33-25-16-19-27-28(21-25)35-30(23-12-8-5-9-13-23)29(34-27)22-10-6-4-7-11-22/h1,4-19,21H,20H2,2H3,(H,33,38). The zero-order chi connectivity index (χ0) is 27.2. The summed E-state index contributed by atoms with van der Waals surface area (Å²) in [5, 5.41) is 2.90. The molecule has 0 atom stereocenters. The fraction of sp³-hybridized carbons (Fsp3) is 0.0625. The van der Waals surface area contributed by atoms with Crippen molar-refractivity contribution in [3.05, 3.63) is 109 Å². The molecule has 39 heavy (non-hydrogen) atoms. The molecule has 4 aromatic carbocycles. The predicted molar refractivity (Wildman–Crippen MR) is 153 cm³/mol. The Morgan fingerprint density at radius 3 is 1.97 bits per heavy atom. The quantitative estimate of drug-likeness (QED) is 0.210. The van der Waals surface area contributed by atoms with Crippen molar-refractivity contribution in [2.24, 2.45) is 0 Å². The Bertz CT molecular complexity index is 1680. The van der Waals surface area contributed by atoms with E-state index in [1.807, 2.05) is 66.7 Å². The van der Waals surface area contributed by atoms with Crippen LogP contribution in [0.25, 0.3) is 33.5 Å². The number of nitrogens with one attached hydrogen (secondary N) is 1. The van der Waals surface area contributed by atoms with Crippen LogP contribution in [0, 0.1) is 12.3 Å². The van der Waals surface area contributed by atoms with E-state index in [9.17, 15) is 9.59 Å². The zero-order valence-corrected chi connectivity index (χ0v) is 21.2. The maximum absolute atomic E-state index is 13.2. The molecule has 190 valence electrons. The normalized spacial score (nSPS) is 10.5. The third-order valence-corrected chi connectivity index (χ3v) is 6.10. The Labute approximate surface area is 226 Å². The van der Waals surface area contributed by atoms with Crippen LogP contribution in [0.1, 0.15) is 10.4 Å². The van der Waals surface area contributed by atoms with Gasteiger partial charge in [0.05, 0.1) is 41.6 Å². The van der Waals surface area contributed by atoms with E-state index in [0.29, 0.717) is 28.0 Å². The fourth-order valence-electron chi connectivity index (χ4n) is 4.18. The molecule has 1 N–H and O–H groups in total. The van der Waals surface area contributed by atoms with Crippen LogP contribution < -0.4 is 10.2 Å². The number of anilines is 2. The van der Waals surface area contributed by atoms with Crippen LogP contribution in [-0.4, -0.2) is 35.6 Å². The maximum Gasteiger partial charge on any atom is 0.337 e. The second-order valence-corrected chi connectivity index (χ2v) is 8.62. The van der Waals surface area contributed by atoms with E-state index >= 15 is 0 Å². The van der Waals surface area contributed by atoms with Crippen LogP contribution >= 0.6 is 0 Å². The number of carbonyl (C=O) groups excluding carboxylic acids is 2. The lowest BCUT2D eigenvalue weighted by atomic mass is 10.0. The smallest absolute Gasteiger partial charge is 0.337 e. The number of terminal acetylenes is 1. The predicted octanol–water partition coefficient (Wildman–Crippen LogP) is 6.42. The van der Waals surface area contributed by atoms with Gasteiger partial charge in [-0.3, -0.25) is 4.90 Å². The van der Waals surface area contributed by atoms with Gasteiger partial charge in [0.25, 0.3) is 0 Å². The van der Waals surface area contributed by atoms with Crippen LogP contribution in [0.3, 0.4) is 0 Å². The first-order valence-electron chi connectivity index (χ1n) is 12.2. The highest BCUT2D eigenvalue weighted by atomic mass is 16.5. The number of aromatic nitrogens is 2. The molecule has 5 rings (SSSR count). The van der Waals surface area contributed by atoms with E-state index < -0.39 is 12.0 Å². The van der Waals surface area contributed by atoms with Crippen molar-refractivity contribution >= 4 is 34.4 Å². The molecule has 0 unspecified atom stereocenters. The summed E-state index contributed by atoms with van der Waals surface area (Å²) >= 11 is 0. The number of esters is 1. The van der Waals surface area contributed by atoms with Crippen LogP contribution in [0.4, 0.5) is 16.2 Å². The molecule has 5 aromatic rings. The third-order valence-electron chi connectivity index (χ3n) is 6.10. The van der Waals surface area contributed by atoms with E-state index in [-0.39, 0.29) is 6.54 Å². The summed E-state index contributed by atoms with van der Waals surface area (Å²) in [5.41, 5.74) is 6.22. The summed E-state index contributed by atoms with van der Waals surface area (Å²) in [6.07, 6.45) is 5.54. The number of hydrogen-bond acceptors (Lipinski definition) is 5. The van der Waals surface area contributed by atoms with Crippen molar-refractivity contribution in [3.8, 4) is 34.9 Å². The summed E-state index contributed by atoms with van der Waals surface area (Å²) < 4.78 is 4.74. The van der Waals surface area contributed by atoms with Gasteiger partial charge in [0.2, 0.25) is 0 Å².